The Kier molecular flexibility index (Phi) is 5.64. The minimum atomic E-state index is -0.801. The lowest BCUT2D eigenvalue weighted by Crippen LogP contribution is -2.44. The number of benzene rings is 1. The van der Waals surface area contributed by atoms with Crippen LogP contribution in [-0.4, -0.2) is 30.6 Å². The van der Waals surface area contributed by atoms with E-state index >= 15 is 0 Å². The monoisotopic (exact) mass is 319 g/mol. The van der Waals surface area contributed by atoms with E-state index < -0.39 is 11.4 Å². The van der Waals surface area contributed by atoms with Gasteiger partial charge < -0.3 is 15.2 Å². The molecule has 0 spiro atoms. The number of rotatable bonds is 6. The van der Waals surface area contributed by atoms with E-state index in [1.165, 1.54) is 0 Å². The molecule has 1 aromatic carbocycles. The quantitative estimate of drug-likeness (QED) is 0.845. The fraction of sp³-hybridized carbons (Fsp3) is 0.556. The number of carbonyl (C=O) groups excluding carboxylic acids is 1. The number of aliphatic carboxylic acids is 1. The number of amides is 1. The maximum Gasteiger partial charge on any atom is 0.311 e. The number of nitrogens with one attached hydrogen (secondary N) is 1. The molecule has 1 amide bonds. The summed E-state index contributed by atoms with van der Waals surface area (Å²) in [6, 6.07) is 5.70. The normalized spacial score (nSPS) is 16.6. The zero-order valence-electron chi connectivity index (χ0n) is 13.9. The molecule has 0 aromatic heterocycles. The molecule has 0 heterocycles. The number of methoxy groups -OCH3 is 1. The first-order chi connectivity index (χ1) is 11.0. The third-order valence-corrected chi connectivity index (χ3v) is 4.68. The third-order valence-electron chi connectivity index (χ3n) is 4.68. The summed E-state index contributed by atoms with van der Waals surface area (Å²) < 4.78 is 5.28. The summed E-state index contributed by atoms with van der Waals surface area (Å²) in [7, 11) is 1.58. The molecule has 0 unspecified atom stereocenters. The Hall–Kier alpha value is -2.04. The van der Waals surface area contributed by atoms with Crippen LogP contribution in [0.5, 0.6) is 5.75 Å². The molecule has 2 rings (SSSR count). The molecule has 23 heavy (non-hydrogen) atoms. The first kappa shape index (κ1) is 17.3. The Balaban J connectivity index is 1.99. The number of carbonyl (C=O) groups is 2. The van der Waals surface area contributed by atoms with Gasteiger partial charge in [-0.1, -0.05) is 37.0 Å². The highest BCUT2D eigenvalue weighted by atomic mass is 16.5. The highest BCUT2D eigenvalue weighted by Crippen LogP contribution is 2.36. The van der Waals surface area contributed by atoms with Crippen molar-refractivity contribution in [3.63, 3.8) is 0 Å². The minimum absolute atomic E-state index is 0.167. The van der Waals surface area contributed by atoms with Gasteiger partial charge in [-0.2, -0.15) is 0 Å². The number of hydrogen-bond acceptors (Lipinski definition) is 3. The zero-order chi connectivity index (χ0) is 16.9. The van der Waals surface area contributed by atoms with E-state index in [0.717, 1.165) is 30.4 Å². The average molecular weight is 319 g/mol. The van der Waals surface area contributed by atoms with Crippen molar-refractivity contribution in [1.82, 2.24) is 5.32 Å². The van der Waals surface area contributed by atoms with Crippen LogP contribution in [-0.2, 0) is 16.0 Å². The van der Waals surface area contributed by atoms with Gasteiger partial charge in [-0.3, -0.25) is 9.59 Å². The maximum absolute atomic E-state index is 12.2. The molecule has 0 bridgehead atoms. The molecule has 1 aliphatic rings. The van der Waals surface area contributed by atoms with Crippen LogP contribution in [0.3, 0.4) is 0 Å². The number of ether oxygens (including phenoxy) is 1. The molecule has 0 radical (unpaired) electrons. The van der Waals surface area contributed by atoms with E-state index in [1.54, 1.807) is 7.11 Å². The van der Waals surface area contributed by atoms with Crippen molar-refractivity contribution in [2.75, 3.05) is 13.7 Å². The molecule has 1 fully saturated rings. The van der Waals surface area contributed by atoms with Crippen LogP contribution in [0, 0.1) is 12.3 Å². The summed E-state index contributed by atoms with van der Waals surface area (Å²) in [5, 5.41) is 12.4. The van der Waals surface area contributed by atoms with E-state index in [9.17, 15) is 14.7 Å². The first-order valence-electron chi connectivity index (χ1n) is 8.10. The molecular weight excluding hydrogens is 294 g/mol. The summed E-state index contributed by atoms with van der Waals surface area (Å²) in [5.74, 6) is -0.290. The van der Waals surface area contributed by atoms with Crippen molar-refractivity contribution in [2.24, 2.45) is 5.41 Å². The second kappa shape index (κ2) is 7.49. The lowest BCUT2D eigenvalue weighted by atomic mass is 9.74. The molecule has 0 saturated heterocycles. The van der Waals surface area contributed by atoms with Crippen LogP contribution in [0.2, 0.25) is 0 Å². The van der Waals surface area contributed by atoms with Crippen LogP contribution in [0.15, 0.2) is 18.2 Å². The smallest absolute Gasteiger partial charge is 0.311 e. The predicted molar refractivity (Wildman–Crippen MR) is 87.6 cm³/mol. The highest BCUT2D eigenvalue weighted by Gasteiger charge is 2.39. The number of carboxylic acid groups (broad SMARTS) is 1. The van der Waals surface area contributed by atoms with E-state index in [2.05, 4.69) is 5.32 Å². The lowest BCUT2D eigenvalue weighted by molar-refractivity contribution is -0.151. The van der Waals surface area contributed by atoms with Crippen LogP contribution >= 0.6 is 0 Å². The molecule has 0 atom stereocenters. The summed E-state index contributed by atoms with van der Waals surface area (Å²) in [6.07, 6.45) is 4.36. The Labute approximate surface area is 137 Å². The number of hydrogen-bond donors (Lipinski definition) is 2. The van der Waals surface area contributed by atoms with Crippen molar-refractivity contribution in [2.45, 2.75) is 45.4 Å². The average Bonchev–Trinajstić information content (AvgIpc) is 2.54. The van der Waals surface area contributed by atoms with Crippen molar-refractivity contribution in [3.05, 3.63) is 29.3 Å². The van der Waals surface area contributed by atoms with E-state index in [0.29, 0.717) is 18.6 Å². The summed E-state index contributed by atoms with van der Waals surface area (Å²) in [5.41, 5.74) is 1.07. The van der Waals surface area contributed by atoms with Crippen LogP contribution in [0.25, 0.3) is 0 Å². The van der Waals surface area contributed by atoms with Crippen LogP contribution < -0.4 is 10.1 Å². The second-order valence-electron chi connectivity index (χ2n) is 6.41. The number of aryl methyl sites for hydroxylation is 1. The van der Waals surface area contributed by atoms with Crippen molar-refractivity contribution in [1.29, 1.82) is 0 Å². The molecule has 5 nitrogen and oxygen atoms in total. The van der Waals surface area contributed by atoms with Gasteiger partial charge in [0.1, 0.15) is 5.75 Å². The molecule has 126 valence electrons. The fourth-order valence-corrected chi connectivity index (χ4v) is 3.24. The second-order valence-corrected chi connectivity index (χ2v) is 6.41. The van der Waals surface area contributed by atoms with Crippen LogP contribution in [0.1, 0.15) is 43.2 Å². The predicted octanol–water partition coefficient (Wildman–Crippen LogP) is 2.70. The lowest BCUT2D eigenvalue weighted by Gasteiger charge is -2.33. The van der Waals surface area contributed by atoms with Crippen molar-refractivity contribution >= 4 is 11.9 Å². The maximum atomic E-state index is 12.2. The number of carboxylic acids is 1. The van der Waals surface area contributed by atoms with Gasteiger partial charge >= 0.3 is 5.97 Å². The molecular formula is C18H25NO4. The molecule has 1 aliphatic carbocycles. The van der Waals surface area contributed by atoms with E-state index in [-0.39, 0.29) is 18.9 Å². The summed E-state index contributed by atoms with van der Waals surface area (Å²) in [4.78, 5) is 23.9. The topological polar surface area (TPSA) is 75.6 Å². The molecule has 5 heteroatoms. The Morgan fingerprint density at radius 2 is 1.96 bits per heavy atom. The molecule has 2 N–H and O–H groups in total. The van der Waals surface area contributed by atoms with Gasteiger partial charge in [0.25, 0.3) is 0 Å². The highest BCUT2D eigenvalue weighted by molar-refractivity contribution is 5.81. The van der Waals surface area contributed by atoms with Crippen molar-refractivity contribution < 1.29 is 19.4 Å². The Morgan fingerprint density at radius 3 is 2.57 bits per heavy atom. The largest absolute Gasteiger partial charge is 0.496 e. The third kappa shape index (κ3) is 4.24. The molecule has 0 aliphatic heterocycles. The van der Waals surface area contributed by atoms with Crippen LogP contribution in [0.4, 0.5) is 0 Å². The SMILES string of the molecule is COc1ccc(C)cc1CC(=O)NCC1(C(=O)O)CCCCC1. The van der Waals surface area contributed by atoms with Crippen molar-refractivity contribution in [3.8, 4) is 5.75 Å². The Bertz CT molecular complexity index is 576. The van der Waals surface area contributed by atoms with Gasteiger partial charge in [0.05, 0.1) is 18.9 Å². The first-order valence-corrected chi connectivity index (χ1v) is 8.10. The van der Waals surface area contributed by atoms with E-state index in [1.807, 2.05) is 25.1 Å². The molecule has 1 aromatic rings. The summed E-state index contributed by atoms with van der Waals surface area (Å²) in [6.45, 7) is 2.16. The van der Waals surface area contributed by atoms with E-state index in [4.69, 9.17) is 4.74 Å². The van der Waals surface area contributed by atoms with Gasteiger partial charge in [-0.05, 0) is 25.8 Å². The summed E-state index contributed by atoms with van der Waals surface area (Å²) >= 11 is 0. The van der Waals surface area contributed by atoms with Gasteiger partial charge in [-0.15, -0.1) is 0 Å². The van der Waals surface area contributed by atoms with Gasteiger partial charge in [0.2, 0.25) is 5.91 Å². The molecule has 1 saturated carbocycles. The van der Waals surface area contributed by atoms with Gasteiger partial charge in [0.15, 0.2) is 0 Å². The zero-order valence-corrected chi connectivity index (χ0v) is 13.9. The van der Waals surface area contributed by atoms with Gasteiger partial charge in [-0.25, -0.2) is 0 Å². The van der Waals surface area contributed by atoms with Gasteiger partial charge in [0, 0.05) is 12.1 Å². The minimum Gasteiger partial charge on any atom is -0.496 e. The standard InChI is InChI=1S/C18H25NO4/c1-13-6-7-15(23-2)14(10-13)11-16(20)19-12-18(17(21)22)8-4-3-5-9-18/h6-7,10H,3-5,8-9,11-12H2,1-2H3,(H,19,20)(H,21,22). The Morgan fingerprint density at radius 1 is 1.26 bits per heavy atom. The fourth-order valence-electron chi connectivity index (χ4n) is 3.24.